The van der Waals surface area contributed by atoms with E-state index in [2.05, 4.69) is 10.3 Å². The third-order valence-corrected chi connectivity index (χ3v) is 4.49. The number of rotatable bonds is 7. The average molecular weight is 447 g/mol. The van der Waals surface area contributed by atoms with E-state index in [0.717, 1.165) is 12.1 Å². The van der Waals surface area contributed by atoms with E-state index in [4.69, 9.17) is 4.74 Å². The first kappa shape index (κ1) is 23.2. The van der Waals surface area contributed by atoms with Gasteiger partial charge in [-0.05, 0) is 62.1 Å². The number of benzene rings is 2. The molecule has 3 rings (SSSR count). The van der Waals surface area contributed by atoms with Crippen LogP contribution in [0.25, 0.3) is 11.1 Å². The zero-order valence-electron chi connectivity index (χ0n) is 17.4. The molecule has 1 N–H and O–H groups in total. The number of carbonyl (C=O) groups is 1. The molecular formula is C23H21F4N3O2. The lowest BCUT2D eigenvalue weighted by Gasteiger charge is -2.14. The molecule has 0 saturated carbocycles. The minimum atomic E-state index is -4.47. The van der Waals surface area contributed by atoms with Crippen molar-refractivity contribution in [1.29, 1.82) is 0 Å². The zero-order valence-corrected chi connectivity index (χ0v) is 17.4. The molecule has 0 radical (unpaired) electrons. The van der Waals surface area contributed by atoms with Crippen LogP contribution in [0.4, 0.5) is 17.6 Å². The summed E-state index contributed by atoms with van der Waals surface area (Å²) in [6, 6.07) is 11.3. The van der Waals surface area contributed by atoms with Gasteiger partial charge in [-0.1, -0.05) is 12.1 Å². The van der Waals surface area contributed by atoms with Crippen LogP contribution in [-0.4, -0.2) is 43.0 Å². The van der Waals surface area contributed by atoms with Crippen molar-refractivity contribution in [1.82, 2.24) is 15.2 Å². The van der Waals surface area contributed by atoms with Crippen LogP contribution < -0.4 is 10.1 Å². The number of halogens is 4. The van der Waals surface area contributed by atoms with Gasteiger partial charge in [0.2, 0.25) is 5.88 Å². The maximum absolute atomic E-state index is 13.8. The molecule has 32 heavy (non-hydrogen) atoms. The third-order valence-electron chi connectivity index (χ3n) is 4.49. The van der Waals surface area contributed by atoms with E-state index in [1.165, 1.54) is 42.6 Å². The number of carbonyl (C=O) groups excluding carboxylic acids is 1. The summed E-state index contributed by atoms with van der Waals surface area (Å²) in [5.74, 6) is -0.714. The van der Waals surface area contributed by atoms with Crippen LogP contribution >= 0.6 is 0 Å². The molecule has 2 aromatic carbocycles. The normalized spacial score (nSPS) is 11.5. The summed E-state index contributed by atoms with van der Waals surface area (Å²) in [7, 11) is 3.76. The SMILES string of the molecule is CN(C)CCNC(=O)c1cnc(Oc2ccc(C(F)(F)F)cc2)c(-c2cccc(F)c2)c1. The number of nitrogens with zero attached hydrogens (tertiary/aromatic N) is 2. The molecule has 0 aliphatic carbocycles. The Hall–Kier alpha value is -3.46. The third kappa shape index (κ3) is 6.04. The van der Waals surface area contributed by atoms with Crippen LogP contribution in [0.3, 0.4) is 0 Å². The molecule has 0 saturated heterocycles. The summed E-state index contributed by atoms with van der Waals surface area (Å²) in [6.07, 6.45) is -3.17. The number of ether oxygens (including phenoxy) is 1. The molecule has 0 fully saturated rings. The second kappa shape index (κ2) is 9.78. The second-order valence-electron chi connectivity index (χ2n) is 7.27. The average Bonchev–Trinajstić information content (AvgIpc) is 2.73. The van der Waals surface area contributed by atoms with Gasteiger partial charge in [0.25, 0.3) is 5.91 Å². The number of amides is 1. The van der Waals surface area contributed by atoms with Crippen LogP contribution in [0.2, 0.25) is 0 Å². The van der Waals surface area contributed by atoms with Crippen molar-refractivity contribution in [3.8, 4) is 22.8 Å². The Balaban J connectivity index is 1.92. The monoisotopic (exact) mass is 447 g/mol. The summed E-state index contributed by atoms with van der Waals surface area (Å²) < 4.78 is 57.9. The molecule has 9 heteroatoms. The van der Waals surface area contributed by atoms with Crippen molar-refractivity contribution in [2.45, 2.75) is 6.18 Å². The van der Waals surface area contributed by atoms with Gasteiger partial charge in [-0.15, -0.1) is 0 Å². The maximum atomic E-state index is 13.8. The predicted octanol–water partition coefficient (Wildman–Crippen LogP) is 4.99. The van der Waals surface area contributed by atoms with Crippen LogP contribution in [0.1, 0.15) is 15.9 Å². The zero-order chi connectivity index (χ0) is 23.3. The number of alkyl halides is 3. The summed E-state index contributed by atoms with van der Waals surface area (Å²) in [6.45, 7) is 1.07. The Morgan fingerprint density at radius 3 is 2.44 bits per heavy atom. The lowest BCUT2D eigenvalue weighted by molar-refractivity contribution is -0.137. The Morgan fingerprint density at radius 2 is 1.81 bits per heavy atom. The maximum Gasteiger partial charge on any atom is 0.416 e. The fourth-order valence-corrected chi connectivity index (χ4v) is 2.84. The van der Waals surface area contributed by atoms with Gasteiger partial charge in [0.05, 0.1) is 11.1 Å². The first-order valence-electron chi connectivity index (χ1n) is 9.67. The van der Waals surface area contributed by atoms with Gasteiger partial charge < -0.3 is 15.0 Å². The minimum Gasteiger partial charge on any atom is -0.438 e. The van der Waals surface area contributed by atoms with Crippen LogP contribution in [0.15, 0.2) is 60.8 Å². The quantitative estimate of drug-likeness (QED) is 0.519. The van der Waals surface area contributed by atoms with E-state index in [9.17, 15) is 22.4 Å². The molecule has 0 aliphatic rings. The Labute approximate surface area is 182 Å². The number of hydrogen-bond acceptors (Lipinski definition) is 4. The highest BCUT2D eigenvalue weighted by atomic mass is 19.4. The van der Waals surface area contributed by atoms with E-state index in [-0.39, 0.29) is 23.1 Å². The molecule has 0 aliphatic heterocycles. The Bertz CT molecular complexity index is 1080. The number of pyridine rings is 1. The number of hydrogen-bond donors (Lipinski definition) is 1. The Kier molecular flexibility index (Phi) is 7.09. The van der Waals surface area contributed by atoms with Gasteiger partial charge in [0.1, 0.15) is 11.6 Å². The molecule has 1 aromatic heterocycles. The number of nitrogens with one attached hydrogen (secondary N) is 1. The van der Waals surface area contributed by atoms with E-state index < -0.39 is 17.6 Å². The van der Waals surface area contributed by atoms with Crippen molar-refractivity contribution in [3.05, 3.63) is 77.7 Å². The molecule has 5 nitrogen and oxygen atoms in total. The predicted molar refractivity (Wildman–Crippen MR) is 112 cm³/mol. The van der Waals surface area contributed by atoms with Gasteiger partial charge in [-0.3, -0.25) is 4.79 Å². The molecule has 1 amide bonds. The molecule has 0 bridgehead atoms. The van der Waals surface area contributed by atoms with Crippen molar-refractivity contribution in [2.75, 3.05) is 27.2 Å². The van der Waals surface area contributed by atoms with Gasteiger partial charge in [-0.2, -0.15) is 13.2 Å². The van der Waals surface area contributed by atoms with E-state index in [1.807, 2.05) is 19.0 Å². The molecule has 1 heterocycles. The van der Waals surface area contributed by atoms with Crippen LogP contribution in [0.5, 0.6) is 11.6 Å². The largest absolute Gasteiger partial charge is 0.438 e. The molecule has 0 unspecified atom stereocenters. The van der Waals surface area contributed by atoms with Crippen LogP contribution in [0, 0.1) is 5.82 Å². The first-order chi connectivity index (χ1) is 15.1. The topological polar surface area (TPSA) is 54.5 Å². The summed E-state index contributed by atoms with van der Waals surface area (Å²) in [5.41, 5.74) is 0.155. The minimum absolute atomic E-state index is 0.0280. The molecule has 0 atom stereocenters. The van der Waals surface area contributed by atoms with E-state index in [1.54, 1.807) is 6.07 Å². The molecule has 3 aromatic rings. The Morgan fingerprint density at radius 1 is 1.09 bits per heavy atom. The van der Waals surface area contributed by atoms with Gasteiger partial charge in [-0.25, -0.2) is 9.37 Å². The lowest BCUT2D eigenvalue weighted by atomic mass is 10.0. The lowest BCUT2D eigenvalue weighted by Crippen LogP contribution is -2.31. The summed E-state index contributed by atoms with van der Waals surface area (Å²) >= 11 is 0. The van der Waals surface area contributed by atoms with E-state index >= 15 is 0 Å². The summed E-state index contributed by atoms with van der Waals surface area (Å²) in [4.78, 5) is 18.6. The van der Waals surface area contributed by atoms with Crippen LogP contribution in [-0.2, 0) is 6.18 Å². The number of likely N-dealkylation sites (N-methyl/N-ethyl adjacent to an activating group) is 1. The fraction of sp³-hybridized carbons (Fsp3) is 0.217. The van der Waals surface area contributed by atoms with Crippen molar-refractivity contribution < 1.29 is 27.1 Å². The molecular weight excluding hydrogens is 426 g/mol. The smallest absolute Gasteiger partial charge is 0.416 e. The molecule has 168 valence electrons. The standard InChI is InChI=1S/C23H21F4N3O2/c1-30(2)11-10-28-21(31)16-13-20(15-4-3-5-18(24)12-15)22(29-14-16)32-19-8-6-17(7-9-19)23(25,26)27/h3-9,12-14H,10-11H2,1-2H3,(H,28,31). The van der Waals surface area contributed by atoms with E-state index in [0.29, 0.717) is 24.2 Å². The van der Waals surface area contributed by atoms with Crippen molar-refractivity contribution >= 4 is 5.91 Å². The van der Waals surface area contributed by atoms with Gasteiger partial charge in [0.15, 0.2) is 0 Å². The van der Waals surface area contributed by atoms with Gasteiger partial charge in [0, 0.05) is 24.8 Å². The highest BCUT2D eigenvalue weighted by Gasteiger charge is 2.30. The highest BCUT2D eigenvalue weighted by molar-refractivity contribution is 5.95. The second-order valence-corrected chi connectivity index (χ2v) is 7.27. The van der Waals surface area contributed by atoms with Crippen molar-refractivity contribution in [3.63, 3.8) is 0 Å². The summed E-state index contributed by atoms with van der Waals surface area (Å²) in [5, 5.41) is 2.77. The highest BCUT2D eigenvalue weighted by Crippen LogP contribution is 2.34. The van der Waals surface area contributed by atoms with Gasteiger partial charge >= 0.3 is 6.18 Å². The first-order valence-corrected chi connectivity index (χ1v) is 9.67. The number of aromatic nitrogens is 1. The molecule has 0 spiro atoms. The van der Waals surface area contributed by atoms with Crippen molar-refractivity contribution in [2.24, 2.45) is 0 Å². The fourth-order valence-electron chi connectivity index (χ4n) is 2.84.